The van der Waals surface area contributed by atoms with E-state index in [0.717, 1.165) is 36.8 Å². The lowest BCUT2D eigenvalue weighted by atomic mass is 9.65. The van der Waals surface area contributed by atoms with Gasteiger partial charge in [0.15, 0.2) is 0 Å². The van der Waals surface area contributed by atoms with E-state index in [-0.39, 0.29) is 29.7 Å². The summed E-state index contributed by atoms with van der Waals surface area (Å²) in [6.45, 7) is 7.14. The first-order valence-electron chi connectivity index (χ1n) is 13.0. The Morgan fingerprint density at radius 3 is 2.56 bits per heavy atom. The van der Waals surface area contributed by atoms with Gasteiger partial charge in [-0.05, 0) is 68.9 Å². The van der Waals surface area contributed by atoms with E-state index >= 15 is 0 Å². The Labute approximate surface area is 212 Å². The van der Waals surface area contributed by atoms with Gasteiger partial charge in [-0.2, -0.15) is 0 Å². The van der Waals surface area contributed by atoms with Crippen LogP contribution in [-0.4, -0.2) is 58.3 Å². The van der Waals surface area contributed by atoms with Gasteiger partial charge < -0.3 is 14.5 Å². The molecule has 1 aromatic carbocycles. The Balaban J connectivity index is 1.42. The highest BCUT2D eigenvalue weighted by molar-refractivity contribution is 6.05. The molecule has 2 fully saturated rings. The first-order valence-corrected chi connectivity index (χ1v) is 13.0. The predicted molar refractivity (Wildman–Crippen MR) is 134 cm³/mol. The first-order chi connectivity index (χ1) is 17.1. The van der Waals surface area contributed by atoms with Gasteiger partial charge in [-0.25, -0.2) is 4.79 Å². The third-order valence-electron chi connectivity index (χ3n) is 7.88. The fourth-order valence-corrected chi connectivity index (χ4v) is 6.22. The predicted octanol–water partition coefficient (Wildman–Crippen LogP) is 4.03. The molecule has 36 heavy (non-hydrogen) atoms. The van der Waals surface area contributed by atoms with Gasteiger partial charge in [0.1, 0.15) is 11.6 Å². The van der Waals surface area contributed by atoms with Gasteiger partial charge in [0, 0.05) is 37.0 Å². The molecule has 0 bridgehead atoms. The highest BCUT2D eigenvalue weighted by Gasteiger charge is 2.43. The molecule has 1 saturated carbocycles. The van der Waals surface area contributed by atoms with Crippen molar-refractivity contribution in [3.05, 3.63) is 41.0 Å². The Kier molecular flexibility index (Phi) is 6.17. The maximum absolute atomic E-state index is 13.1. The second-order valence-corrected chi connectivity index (χ2v) is 11.6. The molecular weight excluding hydrogens is 458 g/mol. The zero-order valence-electron chi connectivity index (χ0n) is 21.4. The van der Waals surface area contributed by atoms with Gasteiger partial charge in [0.05, 0.1) is 0 Å². The summed E-state index contributed by atoms with van der Waals surface area (Å²) in [4.78, 5) is 53.4. The Morgan fingerprint density at radius 2 is 1.86 bits per heavy atom. The van der Waals surface area contributed by atoms with Crippen molar-refractivity contribution in [3.63, 3.8) is 0 Å². The summed E-state index contributed by atoms with van der Waals surface area (Å²) in [6.07, 6.45) is 7.93. The van der Waals surface area contributed by atoms with Crippen molar-refractivity contribution in [1.82, 2.24) is 15.1 Å². The van der Waals surface area contributed by atoms with E-state index in [4.69, 9.17) is 4.74 Å². The molecule has 3 heterocycles. The number of hydrogen-bond donors (Lipinski definition) is 1. The van der Waals surface area contributed by atoms with Crippen LogP contribution in [0.2, 0.25) is 0 Å². The minimum atomic E-state index is -0.619. The molecule has 192 valence electrons. The van der Waals surface area contributed by atoms with Crippen LogP contribution in [0.5, 0.6) is 0 Å². The summed E-state index contributed by atoms with van der Waals surface area (Å²) in [5, 5.41) is 2.36. The lowest BCUT2D eigenvalue weighted by Gasteiger charge is -2.46. The maximum Gasteiger partial charge on any atom is 0.410 e. The first kappa shape index (κ1) is 24.5. The number of carbonyl (C=O) groups is 4. The largest absolute Gasteiger partial charge is 0.444 e. The third-order valence-corrected chi connectivity index (χ3v) is 7.88. The average molecular weight is 494 g/mol. The number of piperidine rings is 1. The summed E-state index contributed by atoms with van der Waals surface area (Å²) in [7, 11) is 0. The lowest BCUT2D eigenvalue weighted by molar-refractivity contribution is -0.136. The van der Waals surface area contributed by atoms with Crippen LogP contribution in [0.4, 0.5) is 4.79 Å². The molecule has 1 N–H and O–H groups in total. The molecule has 0 radical (unpaired) electrons. The standard InChI is InChI=1S/C28H35N3O5/c1-27(2,3)36-26(35)30-14-11-21(28(17-30)12-5-4-6-13-28)18-7-8-20-19(15-18)16-31(25(20)34)22-9-10-23(32)29-24(22)33/h7-8,11,15,22H,4-6,9-10,12-14,16-17H2,1-3H3,(H,29,32,33). The zero-order chi connectivity index (χ0) is 25.7. The number of carbonyl (C=O) groups excluding carboxylic acids is 4. The quantitative estimate of drug-likeness (QED) is 0.628. The van der Waals surface area contributed by atoms with E-state index < -0.39 is 17.6 Å². The third kappa shape index (κ3) is 4.53. The highest BCUT2D eigenvalue weighted by atomic mass is 16.6. The molecule has 1 unspecified atom stereocenters. The molecule has 4 amide bonds. The van der Waals surface area contributed by atoms with E-state index in [9.17, 15) is 19.2 Å². The number of nitrogens with zero attached hydrogens (tertiary/aromatic N) is 2. The highest BCUT2D eigenvalue weighted by Crippen LogP contribution is 2.49. The molecule has 1 spiro atoms. The molecule has 1 saturated heterocycles. The number of fused-ring (bicyclic) bond motifs is 1. The monoisotopic (exact) mass is 493 g/mol. The van der Waals surface area contributed by atoms with Crippen molar-refractivity contribution in [2.24, 2.45) is 5.41 Å². The van der Waals surface area contributed by atoms with E-state index in [2.05, 4.69) is 17.5 Å². The fraction of sp³-hybridized carbons (Fsp3) is 0.571. The van der Waals surface area contributed by atoms with Crippen LogP contribution in [-0.2, 0) is 20.9 Å². The number of benzene rings is 1. The number of ether oxygens (including phenoxy) is 1. The van der Waals surface area contributed by atoms with Gasteiger partial charge in [0.2, 0.25) is 11.8 Å². The van der Waals surface area contributed by atoms with Gasteiger partial charge in [-0.3, -0.25) is 19.7 Å². The summed E-state index contributed by atoms with van der Waals surface area (Å²) < 4.78 is 5.67. The van der Waals surface area contributed by atoms with E-state index in [1.807, 2.05) is 37.8 Å². The molecular formula is C28H35N3O5. The van der Waals surface area contributed by atoms with Gasteiger partial charge in [-0.15, -0.1) is 0 Å². The minimum absolute atomic E-state index is 0.131. The van der Waals surface area contributed by atoms with E-state index in [1.54, 1.807) is 4.90 Å². The molecule has 3 aliphatic heterocycles. The molecule has 5 rings (SSSR count). The lowest BCUT2D eigenvalue weighted by Crippen LogP contribution is -2.52. The normalized spacial score (nSPS) is 23.9. The number of amides is 4. The second-order valence-electron chi connectivity index (χ2n) is 11.6. The Morgan fingerprint density at radius 1 is 1.11 bits per heavy atom. The molecule has 1 aromatic rings. The molecule has 4 aliphatic rings. The van der Waals surface area contributed by atoms with Crippen LogP contribution in [0.25, 0.3) is 5.57 Å². The summed E-state index contributed by atoms with van der Waals surface area (Å²) >= 11 is 0. The van der Waals surface area contributed by atoms with Crippen molar-refractivity contribution in [2.75, 3.05) is 13.1 Å². The smallest absolute Gasteiger partial charge is 0.410 e. The van der Waals surface area contributed by atoms with Crippen LogP contribution in [0, 0.1) is 5.41 Å². The molecule has 8 heteroatoms. The van der Waals surface area contributed by atoms with Gasteiger partial charge >= 0.3 is 6.09 Å². The molecule has 1 aliphatic carbocycles. The van der Waals surface area contributed by atoms with Gasteiger partial charge in [0.25, 0.3) is 5.91 Å². The van der Waals surface area contributed by atoms with Crippen LogP contribution in [0.3, 0.4) is 0 Å². The Bertz CT molecular complexity index is 1140. The van der Waals surface area contributed by atoms with E-state index in [1.165, 1.54) is 12.0 Å². The van der Waals surface area contributed by atoms with Crippen molar-refractivity contribution < 1.29 is 23.9 Å². The number of imide groups is 1. The van der Waals surface area contributed by atoms with Crippen LogP contribution < -0.4 is 5.32 Å². The fourth-order valence-electron chi connectivity index (χ4n) is 6.22. The maximum atomic E-state index is 13.1. The SMILES string of the molecule is CC(C)(C)OC(=O)N1CC=C(c2ccc3c(c2)CN(C2CCC(=O)NC2=O)C3=O)C2(CCCCC2)C1. The summed E-state index contributed by atoms with van der Waals surface area (Å²) in [6, 6.07) is 5.35. The Hall–Kier alpha value is -3.16. The molecule has 1 atom stereocenters. The topological polar surface area (TPSA) is 96.0 Å². The van der Waals surface area contributed by atoms with Crippen molar-refractivity contribution in [3.8, 4) is 0 Å². The molecule has 8 nitrogen and oxygen atoms in total. The van der Waals surface area contributed by atoms with E-state index in [0.29, 0.717) is 31.6 Å². The summed E-state index contributed by atoms with van der Waals surface area (Å²) in [5.41, 5.74) is 3.18. The second kappa shape index (κ2) is 9.05. The van der Waals surface area contributed by atoms with Crippen LogP contribution in [0.1, 0.15) is 87.2 Å². The van der Waals surface area contributed by atoms with Crippen molar-refractivity contribution in [2.45, 2.75) is 83.9 Å². The summed E-state index contributed by atoms with van der Waals surface area (Å²) in [5.74, 6) is -0.844. The van der Waals surface area contributed by atoms with Crippen molar-refractivity contribution in [1.29, 1.82) is 0 Å². The minimum Gasteiger partial charge on any atom is -0.444 e. The van der Waals surface area contributed by atoms with Crippen LogP contribution >= 0.6 is 0 Å². The molecule has 0 aromatic heterocycles. The van der Waals surface area contributed by atoms with Gasteiger partial charge in [-0.1, -0.05) is 31.4 Å². The van der Waals surface area contributed by atoms with Crippen molar-refractivity contribution >= 4 is 29.4 Å². The number of rotatable bonds is 2. The average Bonchev–Trinajstić information content (AvgIpc) is 3.14. The van der Waals surface area contributed by atoms with Crippen LogP contribution in [0.15, 0.2) is 24.3 Å². The zero-order valence-corrected chi connectivity index (χ0v) is 21.4. The number of nitrogens with one attached hydrogen (secondary N) is 1. The number of hydrogen-bond acceptors (Lipinski definition) is 5.